The molecule has 0 spiro atoms. The van der Waals surface area contributed by atoms with Crippen molar-refractivity contribution in [1.82, 2.24) is 9.66 Å². The maximum Gasteiger partial charge on any atom is 0.432 e. The lowest BCUT2D eigenvalue weighted by Crippen LogP contribution is -2.60. The Morgan fingerprint density at radius 1 is 1.00 bits per heavy atom. The lowest BCUT2D eigenvalue weighted by atomic mass is 10.2. The number of amides is 3. The van der Waals surface area contributed by atoms with Crippen molar-refractivity contribution >= 4 is 23.4 Å². The highest BCUT2D eigenvalue weighted by Crippen LogP contribution is 2.29. The highest BCUT2D eigenvalue weighted by molar-refractivity contribution is 6.07. The number of nitrogens with zero attached hydrogens (tertiary/aromatic N) is 6. The van der Waals surface area contributed by atoms with Gasteiger partial charge in [-0.2, -0.15) is 4.48 Å². The molecule has 142 valence electrons. The molecular formula is C19H25N6O2+. The Labute approximate surface area is 158 Å². The van der Waals surface area contributed by atoms with Gasteiger partial charge in [0.05, 0.1) is 20.6 Å². The van der Waals surface area contributed by atoms with Gasteiger partial charge in [0.15, 0.2) is 5.82 Å². The number of imide groups is 1. The van der Waals surface area contributed by atoms with Crippen molar-refractivity contribution in [2.24, 2.45) is 0 Å². The van der Waals surface area contributed by atoms with Gasteiger partial charge in [-0.1, -0.05) is 18.2 Å². The molecule has 8 nitrogen and oxygen atoms in total. The summed E-state index contributed by atoms with van der Waals surface area (Å²) in [6.07, 6.45) is 2.64. The van der Waals surface area contributed by atoms with E-state index in [4.69, 9.17) is 0 Å². The molecule has 1 fully saturated rings. The van der Waals surface area contributed by atoms with Gasteiger partial charge in [-0.3, -0.25) is 0 Å². The molecule has 0 saturated carbocycles. The number of aromatic nitrogens is 2. The predicted octanol–water partition coefficient (Wildman–Crippen LogP) is 1.52. The van der Waals surface area contributed by atoms with Crippen molar-refractivity contribution in [3.8, 4) is 0 Å². The molecule has 1 saturated heterocycles. The molecule has 2 aromatic rings. The summed E-state index contributed by atoms with van der Waals surface area (Å²) >= 11 is 0. The number of hydrogen-bond acceptors (Lipinski definition) is 5. The van der Waals surface area contributed by atoms with Crippen molar-refractivity contribution in [3.63, 3.8) is 0 Å². The van der Waals surface area contributed by atoms with Gasteiger partial charge < -0.3 is 9.91 Å². The molecule has 3 heterocycles. The first kappa shape index (κ1) is 17.5. The second-order valence-corrected chi connectivity index (χ2v) is 7.49. The van der Waals surface area contributed by atoms with E-state index in [0.29, 0.717) is 11.5 Å². The average Bonchev–Trinajstić information content (AvgIpc) is 2.96. The molecule has 2 aliphatic rings. The number of anilines is 2. The topological polar surface area (TPSA) is 61.7 Å². The smallest absolute Gasteiger partial charge is 0.370 e. The average molecular weight is 369 g/mol. The molecule has 3 amide bonds. The number of benzene rings is 1. The number of hydrogen-bond donors (Lipinski definition) is 0. The maximum absolute atomic E-state index is 13.0. The minimum Gasteiger partial charge on any atom is -0.370 e. The van der Waals surface area contributed by atoms with Crippen LogP contribution in [0.25, 0.3) is 0 Å². The molecule has 2 aliphatic heterocycles. The van der Waals surface area contributed by atoms with Gasteiger partial charge in [0.25, 0.3) is 0 Å². The van der Waals surface area contributed by atoms with Crippen LogP contribution in [0.4, 0.5) is 16.3 Å². The maximum atomic E-state index is 13.0. The zero-order valence-corrected chi connectivity index (χ0v) is 16.0. The van der Waals surface area contributed by atoms with E-state index in [2.05, 4.69) is 39.2 Å². The quantitative estimate of drug-likeness (QED) is 0.751. The molecule has 1 aromatic carbocycles. The standard InChI is InChI=1S/C19H25N6O2/c1-21-17-16(18(26)25(2,3)19(21)27)24(14-20-17)23-11-7-10-22(12-13-23)15-8-5-4-6-9-15/h4-6,8-9,14H,7,10-13H2,1-3H3/q+1. The highest BCUT2D eigenvalue weighted by atomic mass is 16.2. The molecule has 4 rings (SSSR count). The van der Waals surface area contributed by atoms with Crippen molar-refractivity contribution in [2.45, 2.75) is 6.42 Å². The molecule has 27 heavy (non-hydrogen) atoms. The van der Waals surface area contributed by atoms with E-state index in [-0.39, 0.29) is 16.4 Å². The van der Waals surface area contributed by atoms with Crippen LogP contribution in [0.5, 0.6) is 0 Å². The Balaban J connectivity index is 1.62. The Morgan fingerprint density at radius 3 is 2.48 bits per heavy atom. The minimum atomic E-state index is -0.334. The number of para-hydroxylation sites is 1. The van der Waals surface area contributed by atoms with Crippen LogP contribution >= 0.6 is 0 Å². The van der Waals surface area contributed by atoms with Gasteiger partial charge in [0, 0.05) is 32.4 Å². The van der Waals surface area contributed by atoms with Crippen LogP contribution in [-0.2, 0) is 0 Å². The fourth-order valence-electron chi connectivity index (χ4n) is 3.82. The van der Waals surface area contributed by atoms with Crippen LogP contribution in [0.1, 0.15) is 16.9 Å². The second-order valence-electron chi connectivity index (χ2n) is 7.49. The van der Waals surface area contributed by atoms with Crippen LogP contribution in [0, 0.1) is 0 Å². The third-order valence-electron chi connectivity index (χ3n) is 5.42. The minimum absolute atomic E-state index is 0.227. The summed E-state index contributed by atoms with van der Waals surface area (Å²) in [5.41, 5.74) is 1.70. The van der Waals surface area contributed by atoms with E-state index in [1.165, 1.54) is 10.6 Å². The van der Waals surface area contributed by atoms with Gasteiger partial charge in [0.1, 0.15) is 6.33 Å². The highest BCUT2D eigenvalue weighted by Gasteiger charge is 2.49. The van der Waals surface area contributed by atoms with Crippen LogP contribution in [0.15, 0.2) is 36.7 Å². The number of rotatable bonds is 2. The summed E-state index contributed by atoms with van der Waals surface area (Å²) in [7, 11) is 4.92. The van der Waals surface area contributed by atoms with Crippen LogP contribution < -0.4 is 14.8 Å². The molecule has 0 unspecified atom stereocenters. The van der Waals surface area contributed by atoms with Gasteiger partial charge in [-0.05, 0) is 18.6 Å². The number of imidazole rings is 1. The van der Waals surface area contributed by atoms with Crippen molar-refractivity contribution in [3.05, 3.63) is 42.4 Å². The van der Waals surface area contributed by atoms with Crippen molar-refractivity contribution < 1.29 is 14.1 Å². The fraction of sp³-hybridized carbons (Fsp3) is 0.421. The van der Waals surface area contributed by atoms with E-state index in [0.717, 1.165) is 32.6 Å². The van der Waals surface area contributed by atoms with E-state index >= 15 is 0 Å². The molecular weight excluding hydrogens is 344 g/mol. The number of quaternary nitrogens is 1. The van der Waals surface area contributed by atoms with Gasteiger partial charge in [0.2, 0.25) is 5.69 Å². The van der Waals surface area contributed by atoms with Crippen LogP contribution in [-0.4, -0.2) is 73.4 Å². The SMILES string of the molecule is CN1C(=O)[N+](C)(C)C(=O)c2c1ncn2N1CCCN(c2ccccc2)CC1. The molecule has 8 heteroatoms. The van der Waals surface area contributed by atoms with E-state index in [1.54, 1.807) is 27.5 Å². The lowest BCUT2D eigenvalue weighted by Gasteiger charge is -2.34. The molecule has 0 N–H and O–H groups in total. The zero-order valence-electron chi connectivity index (χ0n) is 16.0. The summed E-state index contributed by atoms with van der Waals surface area (Å²) in [6.45, 7) is 3.42. The first-order chi connectivity index (χ1) is 12.9. The summed E-state index contributed by atoms with van der Waals surface area (Å²) in [5.74, 6) is 0.210. The Bertz CT molecular complexity index is 876. The van der Waals surface area contributed by atoms with Gasteiger partial charge in [-0.25, -0.2) is 24.1 Å². The molecule has 0 atom stereocenters. The van der Waals surface area contributed by atoms with E-state index in [1.807, 2.05) is 10.7 Å². The third-order valence-corrected chi connectivity index (χ3v) is 5.42. The number of carbonyl (C=O) groups excluding carboxylic acids is 2. The largest absolute Gasteiger partial charge is 0.432 e. The number of urea groups is 1. The third kappa shape index (κ3) is 2.76. The Hall–Kier alpha value is -2.87. The Morgan fingerprint density at radius 2 is 1.74 bits per heavy atom. The zero-order chi connectivity index (χ0) is 19.2. The second kappa shape index (κ2) is 6.38. The van der Waals surface area contributed by atoms with Crippen molar-refractivity contribution in [1.29, 1.82) is 0 Å². The summed E-state index contributed by atoms with van der Waals surface area (Å²) in [6, 6.07) is 10.1. The number of carbonyl (C=O) groups is 2. The van der Waals surface area contributed by atoms with E-state index < -0.39 is 0 Å². The summed E-state index contributed by atoms with van der Waals surface area (Å²) in [4.78, 5) is 33.7. The van der Waals surface area contributed by atoms with Crippen LogP contribution in [0.2, 0.25) is 0 Å². The molecule has 0 aliphatic carbocycles. The molecule has 1 aromatic heterocycles. The molecule has 0 radical (unpaired) electrons. The normalized spacial score (nSPS) is 19.9. The monoisotopic (exact) mass is 369 g/mol. The summed E-state index contributed by atoms with van der Waals surface area (Å²) < 4.78 is 1.51. The molecule has 0 bridgehead atoms. The van der Waals surface area contributed by atoms with Gasteiger partial charge in [-0.15, -0.1) is 0 Å². The van der Waals surface area contributed by atoms with Crippen LogP contribution in [0.3, 0.4) is 0 Å². The predicted molar refractivity (Wildman–Crippen MR) is 104 cm³/mol. The van der Waals surface area contributed by atoms with Gasteiger partial charge >= 0.3 is 11.9 Å². The Kier molecular flexibility index (Phi) is 4.15. The first-order valence-corrected chi connectivity index (χ1v) is 9.21. The van der Waals surface area contributed by atoms with E-state index in [9.17, 15) is 9.59 Å². The van der Waals surface area contributed by atoms with Crippen molar-refractivity contribution in [2.75, 3.05) is 62.1 Å². The summed E-state index contributed by atoms with van der Waals surface area (Å²) in [5, 5.41) is 2.15. The first-order valence-electron chi connectivity index (χ1n) is 9.21. The fourth-order valence-corrected chi connectivity index (χ4v) is 3.82. The lowest BCUT2D eigenvalue weighted by molar-refractivity contribution is -0.721. The number of fused-ring (bicyclic) bond motifs is 1.